The Bertz CT molecular complexity index is 519. The number of benzene rings is 1. The summed E-state index contributed by atoms with van der Waals surface area (Å²) in [7, 11) is 1.70. The van der Waals surface area contributed by atoms with Crippen molar-refractivity contribution in [2.75, 3.05) is 20.3 Å². The van der Waals surface area contributed by atoms with E-state index in [2.05, 4.69) is 54.3 Å². The summed E-state index contributed by atoms with van der Waals surface area (Å²) in [5, 5.41) is 6.53. The fourth-order valence-electron chi connectivity index (χ4n) is 1.72. The molecule has 0 spiro atoms. The van der Waals surface area contributed by atoms with Gasteiger partial charge in [0, 0.05) is 34.2 Å². The Morgan fingerprint density at radius 3 is 2.84 bits per heavy atom. The number of thiazole rings is 1. The minimum Gasteiger partial charge on any atom is -0.383 e. The summed E-state index contributed by atoms with van der Waals surface area (Å²) < 4.78 is 7.18. The van der Waals surface area contributed by atoms with Gasteiger partial charge >= 0.3 is 0 Å². The fraction of sp³-hybridized carbons (Fsp3) is 0.308. The third-order valence-corrected chi connectivity index (χ3v) is 5.35. The van der Waals surface area contributed by atoms with Crippen LogP contribution in [-0.2, 0) is 4.74 Å². The Morgan fingerprint density at radius 1 is 1.37 bits per heavy atom. The maximum absolute atomic E-state index is 5.09. The van der Waals surface area contributed by atoms with Crippen molar-refractivity contribution in [2.24, 2.45) is 0 Å². The minimum absolute atomic E-state index is 0.0968. The molecule has 0 radical (unpaired) electrons. The molecule has 1 heterocycles. The molecule has 0 aliphatic rings. The number of nitrogens with zero attached hydrogens (tertiary/aromatic N) is 1. The molecule has 1 unspecified atom stereocenters. The van der Waals surface area contributed by atoms with Gasteiger partial charge in [-0.25, -0.2) is 4.98 Å². The van der Waals surface area contributed by atoms with Gasteiger partial charge in [-0.2, -0.15) is 0 Å². The Morgan fingerprint density at radius 2 is 2.21 bits per heavy atom. The van der Waals surface area contributed by atoms with E-state index in [4.69, 9.17) is 4.74 Å². The van der Waals surface area contributed by atoms with Gasteiger partial charge in [-0.05, 0) is 49.6 Å². The Balaban J connectivity index is 2.23. The SMILES string of the molecule is COCCNC(c1ccc(Br)c(Br)c1)c1nccs1. The number of ether oxygens (including phenoxy) is 1. The van der Waals surface area contributed by atoms with Crippen molar-refractivity contribution >= 4 is 43.2 Å². The van der Waals surface area contributed by atoms with E-state index >= 15 is 0 Å². The lowest BCUT2D eigenvalue weighted by Gasteiger charge is -2.17. The van der Waals surface area contributed by atoms with Crippen molar-refractivity contribution in [3.63, 3.8) is 0 Å². The Kier molecular flexibility index (Phi) is 5.97. The van der Waals surface area contributed by atoms with Gasteiger partial charge in [0.25, 0.3) is 0 Å². The highest BCUT2D eigenvalue weighted by molar-refractivity contribution is 9.13. The highest BCUT2D eigenvalue weighted by Crippen LogP contribution is 2.30. The fourth-order valence-corrected chi connectivity index (χ4v) is 3.10. The van der Waals surface area contributed by atoms with Crippen LogP contribution in [0.3, 0.4) is 0 Å². The van der Waals surface area contributed by atoms with E-state index in [-0.39, 0.29) is 6.04 Å². The molecule has 2 rings (SSSR count). The third kappa shape index (κ3) is 4.10. The molecule has 0 aliphatic carbocycles. The van der Waals surface area contributed by atoms with E-state index in [0.717, 1.165) is 20.5 Å². The van der Waals surface area contributed by atoms with Crippen LogP contribution in [0.1, 0.15) is 16.6 Å². The molecule has 1 aromatic carbocycles. The molecule has 6 heteroatoms. The zero-order valence-electron chi connectivity index (χ0n) is 10.4. The number of hydrogen-bond donors (Lipinski definition) is 1. The summed E-state index contributed by atoms with van der Waals surface area (Å²) in [6, 6.07) is 6.34. The van der Waals surface area contributed by atoms with E-state index in [1.165, 1.54) is 5.56 Å². The average Bonchev–Trinajstić information content (AvgIpc) is 2.92. The summed E-state index contributed by atoms with van der Waals surface area (Å²) in [5.74, 6) is 0. The van der Waals surface area contributed by atoms with Crippen molar-refractivity contribution in [1.29, 1.82) is 0 Å². The zero-order valence-corrected chi connectivity index (χ0v) is 14.4. The normalized spacial score (nSPS) is 12.6. The van der Waals surface area contributed by atoms with Crippen molar-refractivity contribution < 1.29 is 4.74 Å². The Hall–Kier alpha value is -0.270. The van der Waals surface area contributed by atoms with Gasteiger partial charge < -0.3 is 10.1 Å². The van der Waals surface area contributed by atoms with Gasteiger partial charge in [-0.15, -0.1) is 11.3 Å². The highest BCUT2D eigenvalue weighted by Gasteiger charge is 2.16. The third-order valence-electron chi connectivity index (χ3n) is 2.63. The first-order valence-corrected chi connectivity index (χ1v) is 8.25. The molecule has 1 aromatic heterocycles. The average molecular weight is 406 g/mol. The van der Waals surface area contributed by atoms with Gasteiger partial charge in [0.15, 0.2) is 0 Å². The predicted molar refractivity (Wildman–Crippen MR) is 85.7 cm³/mol. The van der Waals surface area contributed by atoms with E-state index < -0.39 is 0 Å². The highest BCUT2D eigenvalue weighted by atomic mass is 79.9. The second-order valence-corrected chi connectivity index (χ2v) is 6.56. The monoisotopic (exact) mass is 404 g/mol. The minimum atomic E-state index is 0.0968. The maximum atomic E-state index is 5.09. The number of aromatic nitrogens is 1. The standard InChI is InChI=1S/C13H14Br2N2OS/c1-18-6-4-16-12(13-17-5-7-19-13)9-2-3-10(14)11(15)8-9/h2-3,5,7-8,12,16H,4,6H2,1H3. The smallest absolute Gasteiger partial charge is 0.114 e. The quantitative estimate of drug-likeness (QED) is 0.737. The van der Waals surface area contributed by atoms with Crippen LogP contribution in [0.25, 0.3) is 0 Å². The number of nitrogens with one attached hydrogen (secondary N) is 1. The molecule has 0 fully saturated rings. The molecule has 19 heavy (non-hydrogen) atoms. The van der Waals surface area contributed by atoms with Crippen LogP contribution in [0.4, 0.5) is 0 Å². The molecule has 102 valence electrons. The van der Waals surface area contributed by atoms with Crippen molar-refractivity contribution in [3.05, 3.63) is 49.3 Å². The molecule has 0 bridgehead atoms. The van der Waals surface area contributed by atoms with Crippen LogP contribution < -0.4 is 5.32 Å². The molecular weight excluding hydrogens is 392 g/mol. The maximum Gasteiger partial charge on any atom is 0.114 e. The van der Waals surface area contributed by atoms with Crippen LogP contribution in [0.15, 0.2) is 38.7 Å². The van der Waals surface area contributed by atoms with Crippen molar-refractivity contribution in [2.45, 2.75) is 6.04 Å². The first-order chi connectivity index (χ1) is 9.22. The van der Waals surface area contributed by atoms with Crippen molar-refractivity contribution in [1.82, 2.24) is 10.3 Å². The van der Waals surface area contributed by atoms with Crippen LogP contribution >= 0.6 is 43.2 Å². The molecule has 1 N–H and O–H groups in total. The van der Waals surface area contributed by atoms with Gasteiger partial charge in [0.05, 0.1) is 12.6 Å². The summed E-state index contributed by atoms with van der Waals surface area (Å²) in [5.41, 5.74) is 1.18. The molecule has 0 amide bonds. The van der Waals surface area contributed by atoms with E-state index in [9.17, 15) is 0 Å². The number of hydrogen-bond acceptors (Lipinski definition) is 4. The summed E-state index contributed by atoms with van der Waals surface area (Å²) in [6.07, 6.45) is 1.83. The van der Waals surface area contributed by atoms with Crippen LogP contribution in [-0.4, -0.2) is 25.2 Å². The first-order valence-electron chi connectivity index (χ1n) is 5.79. The predicted octanol–water partition coefficient (Wildman–Crippen LogP) is 3.99. The largest absolute Gasteiger partial charge is 0.383 e. The van der Waals surface area contributed by atoms with Crippen LogP contribution in [0.2, 0.25) is 0 Å². The van der Waals surface area contributed by atoms with E-state index in [1.807, 2.05) is 17.6 Å². The van der Waals surface area contributed by atoms with Gasteiger partial charge in [0.2, 0.25) is 0 Å². The molecule has 0 saturated heterocycles. The lowest BCUT2D eigenvalue weighted by molar-refractivity contribution is 0.197. The first kappa shape index (κ1) is 15.1. The molecule has 2 aromatic rings. The van der Waals surface area contributed by atoms with Crippen molar-refractivity contribution in [3.8, 4) is 0 Å². The molecular formula is C13H14Br2N2OS. The second kappa shape index (κ2) is 7.50. The Labute approximate surface area is 133 Å². The lowest BCUT2D eigenvalue weighted by Crippen LogP contribution is -2.25. The van der Waals surface area contributed by atoms with E-state index in [1.54, 1.807) is 18.4 Å². The second-order valence-electron chi connectivity index (χ2n) is 3.92. The van der Waals surface area contributed by atoms with Gasteiger partial charge in [0.1, 0.15) is 5.01 Å². The van der Waals surface area contributed by atoms with E-state index in [0.29, 0.717) is 6.61 Å². The van der Waals surface area contributed by atoms with Crippen LogP contribution in [0, 0.1) is 0 Å². The number of rotatable bonds is 6. The van der Waals surface area contributed by atoms with Gasteiger partial charge in [-0.1, -0.05) is 6.07 Å². The number of methoxy groups -OCH3 is 1. The van der Waals surface area contributed by atoms with Gasteiger partial charge in [-0.3, -0.25) is 0 Å². The molecule has 3 nitrogen and oxygen atoms in total. The molecule has 0 aliphatic heterocycles. The number of halogens is 2. The summed E-state index contributed by atoms with van der Waals surface area (Å²) in [4.78, 5) is 4.41. The van der Waals surface area contributed by atoms with Crippen LogP contribution in [0.5, 0.6) is 0 Å². The summed E-state index contributed by atoms with van der Waals surface area (Å²) in [6.45, 7) is 1.47. The topological polar surface area (TPSA) is 34.1 Å². The zero-order chi connectivity index (χ0) is 13.7. The molecule has 0 saturated carbocycles. The molecule has 1 atom stereocenters. The summed E-state index contributed by atoms with van der Waals surface area (Å²) >= 11 is 8.69. The lowest BCUT2D eigenvalue weighted by atomic mass is 10.1.